The zero-order valence-electron chi connectivity index (χ0n) is 18.6. The van der Waals surface area contributed by atoms with Gasteiger partial charge in [-0.15, -0.1) is 0 Å². The smallest absolute Gasteiger partial charge is 0.175 e. The van der Waals surface area contributed by atoms with Crippen molar-refractivity contribution in [1.29, 1.82) is 0 Å². The molecular formula is C26H24N4O2S. The Morgan fingerprint density at radius 3 is 2.55 bits per heavy atom. The van der Waals surface area contributed by atoms with Crippen molar-refractivity contribution in [1.82, 2.24) is 19.7 Å². The van der Waals surface area contributed by atoms with E-state index in [-0.39, 0.29) is 0 Å². The van der Waals surface area contributed by atoms with Gasteiger partial charge in [-0.1, -0.05) is 18.2 Å². The number of rotatable bonds is 4. The van der Waals surface area contributed by atoms with Crippen LogP contribution in [0.25, 0.3) is 33.8 Å². The first kappa shape index (κ1) is 20.3. The Balaban J connectivity index is 1.50. The molecule has 0 amide bonds. The second kappa shape index (κ2) is 7.35. The summed E-state index contributed by atoms with van der Waals surface area (Å²) < 4.78 is 25.9. The molecule has 2 unspecified atom stereocenters. The van der Waals surface area contributed by atoms with Crippen LogP contribution in [0.5, 0.6) is 0 Å². The number of nitrogens with zero attached hydrogens (tertiary/aromatic N) is 4. The van der Waals surface area contributed by atoms with Crippen molar-refractivity contribution in [3.05, 3.63) is 72.2 Å². The van der Waals surface area contributed by atoms with Crippen molar-refractivity contribution in [3.8, 4) is 33.8 Å². The molecule has 0 saturated heterocycles. The molecule has 0 radical (unpaired) electrons. The van der Waals surface area contributed by atoms with Crippen molar-refractivity contribution < 1.29 is 8.42 Å². The van der Waals surface area contributed by atoms with Crippen LogP contribution in [0.3, 0.4) is 0 Å². The summed E-state index contributed by atoms with van der Waals surface area (Å²) in [5, 5.41) is 5.07. The van der Waals surface area contributed by atoms with E-state index in [0.717, 1.165) is 39.5 Å². The van der Waals surface area contributed by atoms with Gasteiger partial charge >= 0.3 is 0 Å². The number of fused-ring (bicyclic) bond motifs is 5. The van der Waals surface area contributed by atoms with E-state index in [1.54, 1.807) is 12.1 Å². The first-order valence-corrected chi connectivity index (χ1v) is 13.1. The summed E-state index contributed by atoms with van der Waals surface area (Å²) in [7, 11) is -3.24. The Kier molecular flexibility index (Phi) is 4.52. The van der Waals surface area contributed by atoms with Crippen LogP contribution in [0.4, 0.5) is 0 Å². The van der Waals surface area contributed by atoms with E-state index in [4.69, 9.17) is 10.1 Å². The van der Waals surface area contributed by atoms with Crippen LogP contribution in [0.2, 0.25) is 0 Å². The van der Waals surface area contributed by atoms with E-state index in [1.165, 1.54) is 31.2 Å². The molecule has 1 aromatic carbocycles. The quantitative estimate of drug-likeness (QED) is 0.421. The molecule has 4 heterocycles. The molecule has 2 aliphatic rings. The third kappa shape index (κ3) is 3.38. The third-order valence-corrected chi connectivity index (χ3v) is 7.97. The normalized spacial score (nSPS) is 19.1. The van der Waals surface area contributed by atoms with Crippen LogP contribution in [0.1, 0.15) is 42.6 Å². The summed E-state index contributed by atoms with van der Waals surface area (Å²) in [5.41, 5.74) is 8.00. The highest BCUT2D eigenvalue weighted by Gasteiger charge is 2.41. The molecule has 4 aromatic rings. The molecule has 6 rings (SSSR count). The Bertz CT molecular complexity index is 1490. The molecular weight excluding hydrogens is 432 g/mol. The van der Waals surface area contributed by atoms with Crippen molar-refractivity contribution in [2.45, 2.75) is 43.0 Å². The average molecular weight is 457 g/mol. The molecule has 1 fully saturated rings. The Labute approximate surface area is 193 Å². The van der Waals surface area contributed by atoms with Crippen LogP contribution < -0.4 is 0 Å². The highest BCUT2D eigenvalue weighted by atomic mass is 32.2. The van der Waals surface area contributed by atoms with Gasteiger partial charge in [0.2, 0.25) is 0 Å². The van der Waals surface area contributed by atoms with E-state index < -0.39 is 9.84 Å². The zero-order valence-corrected chi connectivity index (χ0v) is 19.4. The standard InChI is InChI=1S/C26H24N4O2S/c1-16-4-3-5-22(28-16)25-24(26-19-6-9-20(14-19)30(26)29-25)18-12-13-27-23(15-18)17-7-10-21(11-8-17)33(2,31)32/h3-5,7-8,10-13,15,19-20H,6,9,14H2,1-2H3. The van der Waals surface area contributed by atoms with Crippen molar-refractivity contribution >= 4 is 9.84 Å². The van der Waals surface area contributed by atoms with Gasteiger partial charge in [0.05, 0.1) is 28.0 Å². The third-order valence-electron chi connectivity index (χ3n) is 6.84. The molecule has 0 N–H and O–H groups in total. The maximum Gasteiger partial charge on any atom is 0.175 e. The minimum atomic E-state index is -3.24. The van der Waals surface area contributed by atoms with Crippen LogP contribution in [0.15, 0.2) is 65.7 Å². The summed E-state index contributed by atoms with van der Waals surface area (Å²) in [6.45, 7) is 2.00. The van der Waals surface area contributed by atoms with Gasteiger partial charge in [0.15, 0.2) is 9.84 Å². The van der Waals surface area contributed by atoms with Gasteiger partial charge in [0, 0.05) is 35.2 Å². The van der Waals surface area contributed by atoms with Crippen LogP contribution >= 0.6 is 0 Å². The molecule has 3 aromatic heterocycles. The molecule has 2 bridgehead atoms. The molecule has 6 nitrogen and oxygen atoms in total. The molecule has 33 heavy (non-hydrogen) atoms. The second-order valence-electron chi connectivity index (χ2n) is 9.11. The number of hydrogen-bond acceptors (Lipinski definition) is 5. The molecule has 7 heteroatoms. The number of sulfone groups is 1. The number of pyridine rings is 2. The number of hydrogen-bond donors (Lipinski definition) is 0. The second-order valence-corrected chi connectivity index (χ2v) is 11.1. The molecule has 1 aliphatic carbocycles. The van der Waals surface area contributed by atoms with E-state index in [0.29, 0.717) is 16.9 Å². The first-order valence-electron chi connectivity index (χ1n) is 11.2. The average Bonchev–Trinajstić information content (AvgIpc) is 3.51. The van der Waals surface area contributed by atoms with Gasteiger partial charge in [0.25, 0.3) is 0 Å². The topological polar surface area (TPSA) is 77.7 Å². The van der Waals surface area contributed by atoms with Gasteiger partial charge in [-0.05, 0) is 68.1 Å². The predicted octanol–water partition coefficient (Wildman–Crippen LogP) is 5.21. The zero-order chi connectivity index (χ0) is 22.7. The molecule has 1 saturated carbocycles. The van der Waals surface area contributed by atoms with E-state index in [2.05, 4.69) is 15.7 Å². The number of aromatic nitrogens is 4. The Morgan fingerprint density at radius 1 is 0.970 bits per heavy atom. The molecule has 166 valence electrons. The fourth-order valence-corrected chi connectivity index (χ4v) is 5.93. The van der Waals surface area contributed by atoms with Gasteiger partial charge in [0.1, 0.15) is 5.69 Å². The van der Waals surface area contributed by atoms with Gasteiger partial charge < -0.3 is 0 Å². The lowest BCUT2D eigenvalue weighted by Gasteiger charge is -2.14. The van der Waals surface area contributed by atoms with Crippen molar-refractivity contribution in [3.63, 3.8) is 0 Å². The van der Waals surface area contributed by atoms with E-state index in [9.17, 15) is 8.42 Å². The van der Waals surface area contributed by atoms with Gasteiger partial charge in [-0.2, -0.15) is 5.10 Å². The molecule has 2 atom stereocenters. The summed E-state index contributed by atoms with van der Waals surface area (Å²) in [4.78, 5) is 9.66. The fraction of sp³-hybridized carbons (Fsp3) is 0.269. The largest absolute Gasteiger partial charge is 0.265 e. The minimum Gasteiger partial charge on any atom is -0.265 e. The lowest BCUT2D eigenvalue weighted by molar-refractivity contribution is 0.477. The predicted molar refractivity (Wildman–Crippen MR) is 128 cm³/mol. The van der Waals surface area contributed by atoms with E-state index in [1.807, 2.05) is 49.5 Å². The van der Waals surface area contributed by atoms with Crippen LogP contribution in [0, 0.1) is 6.92 Å². The summed E-state index contributed by atoms with van der Waals surface area (Å²) in [6.07, 6.45) is 6.60. The van der Waals surface area contributed by atoms with E-state index >= 15 is 0 Å². The van der Waals surface area contributed by atoms with Gasteiger partial charge in [-0.3, -0.25) is 14.6 Å². The van der Waals surface area contributed by atoms with Crippen molar-refractivity contribution in [2.75, 3.05) is 6.26 Å². The Hall–Kier alpha value is -3.32. The SMILES string of the molecule is Cc1cccc(-c2nn3c(c2-c2ccnc(-c4ccc(S(C)(=O)=O)cc4)c2)C2CCC3C2)n1. The lowest BCUT2D eigenvalue weighted by atomic mass is 9.93. The fourth-order valence-electron chi connectivity index (χ4n) is 5.30. The highest BCUT2D eigenvalue weighted by Crippen LogP contribution is 2.53. The summed E-state index contributed by atoms with van der Waals surface area (Å²) in [6, 6.07) is 17.6. The Morgan fingerprint density at radius 2 is 1.79 bits per heavy atom. The van der Waals surface area contributed by atoms with Gasteiger partial charge in [-0.25, -0.2) is 8.42 Å². The first-order chi connectivity index (χ1) is 15.9. The van der Waals surface area contributed by atoms with Crippen molar-refractivity contribution in [2.24, 2.45) is 0 Å². The minimum absolute atomic E-state index is 0.306. The number of aryl methyl sites for hydroxylation is 1. The molecule has 0 spiro atoms. The maximum absolute atomic E-state index is 11.8. The van der Waals surface area contributed by atoms with Crippen LogP contribution in [-0.2, 0) is 9.84 Å². The monoisotopic (exact) mass is 456 g/mol. The summed E-state index contributed by atoms with van der Waals surface area (Å²) in [5.74, 6) is 0.529. The molecule has 1 aliphatic heterocycles. The van der Waals surface area contributed by atoms with Crippen LogP contribution in [-0.4, -0.2) is 34.4 Å². The lowest BCUT2D eigenvalue weighted by Crippen LogP contribution is -2.07. The highest BCUT2D eigenvalue weighted by molar-refractivity contribution is 7.90. The number of benzene rings is 1. The summed E-state index contributed by atoms with van der Waals surface area (Å²) >= 11 is 0. The maximum atomic E-state index is 11.8.